The van der Waals surface area contributed by atoms with Gasteiger partial charge >= 0.3 is 0 Å². The number of hydrogen-bond acceptors (Lipinski definition) is 3. The Morgan fingerprint density at radius 1 is 0.950 bits per heavy atom. The molecule has 0 aromatic heterocycles. The summed E-state index contributed by atoms with van der Waals surface area (Å²) in [6, 6.07) is 0.613. The van der Waals surface area contributed by atoms with Gasteiger partial charge in [-0.2, -0.15) is 0 Å². The van der Waals surface area contributed by atoms with E-state index in [1.165, 1.54) is 11.3 Å². The zero-order chi connectivity index (χ0) is 14.9. The van der Waals surface area contributed by atoms with E-state index >= 15 is 0 Å². The van der Waals surface area contributed by atoms with E-state index in [9.17, 15) is 0 Å². The molecule has 1 spiro atoms. The number of likely N-dealkylation sites (tertiary alicyclic amines) is 1. The van der Waals surface area contributed by atoms with Crippen molar-refractivity contribution in [3.05, 3.63) is 11.3 Å². The van der Waals surface area contributed by atoms with Gasteiger partial charge < -0.3 is 14.4 Å². The Morgan fingerprint density at radius 3 is 2.00 bits per heavy atom. The van der Waals surface area contributed by atoms with Gasteiger partial charge in [0.25, 0.3) is 0 Å². The summed E-state index contributed by atoms with van der Waals surface area (Å²) in [5.41, 5.74) is 1.34. The SMILES string of the molecule is CC(C)C1=C(C(C)C)OC2(CCN(C(C)C)CC2)OC1. The molecule has 0 saturated carbocycles. The second kappa shape index (κ2) is 6.07. The monoisotopic (exact) mass is 281 g/mol. The van der Waals surface area contributed by atoms with Gasteiger partial charge in [-0.25, -0.2) is 0 Å². The highest BCUT2D eigenvalue weighted by Gasteiger charge is 2.42. The lowest BCUT2D eigenvalue weighted by Crippen LogP contribution is -2.51. The van der Waals surface area contributed by atoms with Crippen molar-refractivity contribution in [2.24, 2.45) is 11.8 Å². The van der Waals surface area contributed by atoms with Crippen LogP contribution in [0.1, 0.15) is 54.4 Å². The maximum Gasteiger partial charge on any atom is 0.212 e. The number of hydrogen-bond donors (Lipinski definition) is 0. The lowest BCUT2D eigenvalue weighted by Gasteiger charge is -2.46. The molecule has 0 bridgehead atoms. The molecule has 0 unspecified atom stereocenters. The van der Waals surface area contributed by atoms with Crippen LogP contribution in [0.15, 0.2) is 11.3 Å². The third-order valence-electron chi connectivity index (χ3n) is 4.61. The van der Waals surface area contributed by atoms with Gasteiger partial charge in [-0.1, -0.05) is 27.7 Å². The Bertz CT molecular complexity index is 363. The molecule has 2 rings (SSSR count). The van der Waals surface area contributed by atoms with Crippen molar-refractivity contribution in [2.75, 3.05) is 19.7 Å². The minimum atomic E-state index is -0.358. The molecular weight excluding hydrogens is 250 g/mol. The summed E-state index contributed by atoms with van der Waals surface area (Å²) in [6.45, 7) is 16.3. The summed E-state index contributed by atoms with van der Waals surface area (Å²) < 4.78 is 12.6. The number of piperidine rings is 1. The molecule has 1 saturated heterocycles. The summed E-state index contributed by atoms with van der Waals surface area (Å²) in [6.07, 6.45) is 1.96. The first kappa shape index (κ1) is 15.8. The summed E-state index contributed by atoms with van der Waals surface area (Å²) in [4.78, 5) is 2.51. The molecule has 3 heteroatoms. The van der Waals surface area contributed by atoms with Gasteiger partial charge in [-0.05, 0) is 25.3 Å². The molecular formula is C17H31NO2. The van der Waals surface area contributed by atoms with Crippen molar-refractivity contribution in [3.63, 3.8) is 0 Å². The van der Waals surface area contributed by atoms with Crippen LogP contribution < -0.4 is 0 Å². The zero-order valence-corrected chi connectivity index (χ0v) is 14.0. The summed E-state index contributed by atoms with van der Waals surface area (Å²) in [5, 5.41) is 0. The molecule has 3 nitrogen and oxygen atoms in total. The summed E-state index contributed by atoms with van der Waals surface area (Å²) in [7, 11) is 0. The Labute approximate surface area is 124 Å². The molecule has 116 valence electrons. The van der Waals surface area contributed by atoms with Crippen molar-refractivity contribution in [1.82, 2.24) is 4.90 Å². The smallest absolute Gasteiger partial charge is 0.212 e. The third-order valence-corrected chi connectivity index (χ3v) is 4.61. The Kier molecular flexibility index (Phi) is 4.80. The fraction of sp³-hybridized carbons (Fsp3) is 0.882. The van der Waals surface area contributed by atoms with Crippen LogP contribution in [0.25, 0.3) is 0 Å². The lowest BCUT2D eigenvalue weighted by atomic mass is 9.94. The van der Waals surface area contributed by atoms with Crippen LogP contribution in [0.4, 0.5) is 0 Å². The van der Waals surface area contributed by atoms with Gasteiger partial charge in [0.2, 0.25) is 5.79 Å². The fourth-order valence-electron chi connectivity index (χ4n) is 3.14. The normalized spacial score (nSPS) is 24.1. The van der Waals surface area contributed by atoms with Crippen molar-refractivity contribution >= 4 is 0 Å². The van der Waals surface area contributed by atoms with E-state index in [4.69, 9.17) is 9.47 Å². The molecule has 0 radical (unpaired) electrons. The predicted molar refractivity (Wildman–Crippen MR) is 82.4 cm³/mol. The third kappa shape index (κ3) is 3.20. The minimum Gasteiger partial charge on any atom is -0.466 e. The topological polar surface area (TPSA) is 21.7 Å². The van der Waals surface area contributed by atoms with E-state index in [0.29, 0.717) is 17.9 Å². The predicted octanol–water partition coefficient (Wildman–Crippen LogP) is 3.80. The Hall–Kier alpha value is -0.540. The minimum absolute atomic E-state index is 0.358. The Balaban J connectivity index is 2.11. The molecule has 0 aliphatic carbocycles. The second-order valence-corrected chi connectivity index (χ2v) is 7.13. The molecule has 0 aromatic carbocycles. The number of rotatable bonds is 3. The van der Waals surface area contributed by atoms with Crippen molar-refractivity contribution in [2.45, 2.75) is 66.2 Å². The Morgan fingerprint density at radius 2 is 1.55 bits per heavy atom. The first-order chi connectivity index (χ1) is 9.34. The van der Waals surface area contributed by atoms with Gasteiger partial charge in [0.15, 0.2) is 0 Å². The van der Waals surface area contributed by atoms with E-state index < -0.39 is 0 Å². The van der Waals surface area contributed by atoms with E-state index in [-0.39, 0.29) is 5.79 Å². The highest BCUT2D eigenvalue weighted by molar-refractivity contribution is 5.16. The standard InChI is InChI=1S/C17H31NO2/c1-12(2)15-11-19-17(20-16(15)13(3)4)7-9-18(10-8-17)14(5)6/h12-14H,7-11H2,1-6H3. The van der Waals surface area contributed by atoms with Crippen LogP contribution in [0, 0.1) is 11.8 Å². The number of allylic oxidation sites excluding steroid dienone is 1. The van der Waals surface area contributed by atoms with E-state index in [1.54, 1.807) is 0 Å². The van der Waals surface area contributed by atoms with Crippen LogP contribution in [-0.4, -0.2) is 36.4 Å². The van der Waals surface area contributed by atoms with Crippen LogP contribution in [0.2, 0.25) is 0 Å². The molecule has 0 aromatic rings. The second-order valence-electron chi connectivity index (χ2n) is 7.13. The molecule has 0 amide bonds. The first-order valence-electron chi connectivity index (χ1n) is 8.14. The van der Waals surface area contributed by atoms with Gasteiger partial charge in [0, 0.05) is 37.9 Å². The van der Waals surface area contributed by atoms with Gasteiger partial charge in [0.05, 0.1) is 6.61 Å². The summed E-state index contributed by atoms with van der Waals surface area (Å²) >= 11 is 0. The molecule has 2 aliphatic rings. The molecule has 20 heavy (non-hydrogen) atoms. The van der Waals surface area contributed by atoms with Gasteiger partial charge in [-0.15, -0.1) is 0 Å². The molecule has 1 fully saturated rings. The number of nitrogens with zero attached hydrogens (tertiary/aromatic N) is 1. The maximum atomic E-state index is 6.41. The lowest BCUT2D eigenvalue weighted by molar-refractivity contribution is -0.252. The molecule has 2 heterocycles. The molecule has 0 N–H and O–H groups in total. The highest BCUT2D eigenvalue weighted by Crippen LogP contribution is 2.39. The average Bonchev–Trinajstić information content (AvgIpc) is 2.38. The van der Waals surface area contributed by atoms with Crippen molar-refractivity contribution in [1.29, 1.82) is 0 Å². The van der Waals surface area contributed by atoms with E-state index in [1.807, 2.05) is 0 Å². The van der Waals surface area contributed by atoms with Crippen LogP contribution in [0.3, 0.4) is 0 Å². The van der Waals surface area contributed by atoms with Crippen molar-refractivity contribution in [3.8, 4) is 0 Å². The maximum absolute atomic E-state index is 6.41. The first-order valence-corrected chi connectivity index (χ1v) is 8.14. The average molecular weight is 281 g/mol. The fourth-order valence-corrected chi connectivity index (χ4v) is 3.14. The van der Waals surface area contributed by atoms with Crippen LogP contribution in [-0.2, 0) is 9.47 Å². The van der Waals surface area contributed by atoms with E-state index in [0.717, 1.165) is 32.5 Å². The molecule has 2 aliphatic heterocycles. The number of ether oxygens (including phenoxy) is 2. The quantitative estimate of drug-likeness (QED) is 0.785. The van der Waals surface area contributed by atoms with Crippen molar-refractivity contribution < 1.29 is 9.47 Å². The largest absolute Gasteiger partial charge is 0.466 e. The summed E-state index contributed by atoms with van der Waals surface area (Å²) in [5.74, 6) is 1.77. The van der Waals surface area contributed by atoms with Crippen LogP contribution in [0.5, 0.6) is 0 Å². The molecule has 0 atom stereocenters. The van der Waals surface area contributed by atoms with E-state index in [2.05, 4.69) is 46.4 Å². The zero-order valence-electron chi connectivity index (χ0n) is 14.0. The van der Waals surface area contributed by atoms with Gasteiger partial charge in [0.1, 0.15) is 5.76 Å². The highest BCUT2D eigenvalue weighted by atomic mass is 16.7. The van der Waals surface area contributed by atoms with Gasteiger partial charge in [-0.3, -0.25) is 0 Å². The van der Waals surface area contributed by atoms with Crippen LogP contribution >= 0.6 is 0 Å².